The predicted octanol–water partition coefficient (Wildman–Crippen LogP) is 0.869. The second kappa shape index (κ2) is 8.08. The summed E-state index contributed by atoms with van der Waals surface area (Å²) in [6.45, 7) is 2.57. The fourth-order valence-corrected chi connectivity index (χ4v) is 2.11. The zero-order valence-electron chi connectivity index (χ0n) is 12.3. The highest BCUT2D eigenvalue weighted by Crippen LogP contribution is 2.22. The van der Waals surface area contributed by atoms with Crippen molar-refractivity contribution in [2.45, 2.75) is 26.0 Å². The molecule has 2 unspecified atom stereocenters. The van der Waals surface area contributed by atoms with Gasteiger partial charge < -0.3 is 19.9 Å². The number of halogens is 1. The van der Waals surface area contributed by atoms with E-state index in [0.29, 0.717) is 0 Å². The first kappa shape index (κ1) is 18.4. The smallest absolute Gasteiger partial charge is 0.331 e. The van der Waals surface area contributed by atoms with Crippen LogP contribution in [-0.2, 0) is 14.3 Å². The Balaban J connectivity index is 3.06. The number of esters is 2. The molecule has 0 radical (unpaired) electrons. The third-order valence-corrected chi connectivity index (χ3v) is 3.34. The maximum Gasteiger partial charge on any atom is 0.331 e. The molecule has 0 saturated heterocycles. The summed E-state index contributed by atoms with van der Waals surface area (Å²) in [7, 11) is 1.15. The predicted molar refractivity (Wildman–Crippen MR) is 85.4 cm³/mol. The Bertz CT molecular complexity index is 587. The van der Waals surface area contributed by atoms with E-state index >= 15 is 0 Å². The molecule has 1 aromatic rings. The van der Waals surface area contributed by atoms with Crippen LogP contribution in [0.3, 0.4) is 0 Å². The van der Waals surface area contributed by atoms with Gasteiger partial charge in [0.15, 0.2) is 6.04 Å². The molecule has 1 amide bonds. The Morgan fingerprint density at radius 1 is 1.32 bits per heavy atom. The number of aliphatic hydroxyl groups is 1. The molecule has 7 nitrogen and oxygen atoms in total. The monoisotopic (exact) mass is 421 g/mol. The Morgan fingerprint density at radius 3 is 2.45 bits per heavy atom. The molecular weight excluding hydrogens is 405 g/mol. The van der Waals surface area contributed by atoms with Gasteiger partial charge >= 0.3 is 11.9 Å². The number of benzene rings is 1. The van der Waals surface area contributed by atoms with Crippen LogP contribution in [0.25, 0.3) is 0 Å². The summed E-state index contributed by atoms with van der Waals surface area (Å²) in [4.78, 5) is 34.9. The van der Waals surface area contributed by atoms with Crippen molar-refractivity contribution in [1.29, 1.82) is 0 Å². The SMILES string of the molecule is COC(=O)C(NC(=O)c1ccc(I)cc1OC(C)=O)C(C)O. The first-order valence-corrected chi connectivity index (χ1v) is 7.38. The van der Waals surface area contributed by atoms with Gasteiger partial charge in [0.25, 0.3) is 5.91 Å². The van der Waals surface area contributed by atoms with Crippen molar-refractivity contribution in [2.75, 3.05) is 7.11 Å². The topological polar surface area (TPSA) is 102 Å². The number of hydrogen-bond acceptors (Lipinski definition) is 6. The minimum atomic E-state index is -1.22. The standard InChI is InChI=1S/C14H16INO6/c1-7(17)12(14(20)21-3)16-13(19)10-5-4-9(15)6-11(10)22-8(2)18/h4-7,12,17H,1-3H3,(H,16,19). The Hall–Kier alpha value is -1.68. The molecule has 22 heavy (non-hydrogen) atoms. The van der Waals surface area contributed by atoms with Crippen molar-refractivity contribution in [1.82, 2.24) is 5.32 Å². The molecule has 120 valence electrons. The molecule has 0 saturated carbocycles. The third-order valence-electron chi connectivity index (χ3n) is 2.67. The summed E-state index contributed by atoms with van der Waals surface area (Å²) in [6, 6.07) is 3.41. The first-order chi connectivity index (χ1) is 10.3. The second-order valence-electron chi connectivity index (χ2n) is 4.45. The van der Waals surface area contributed by atoms with Gasteiger partial charge in [0.05, 0.1) is 18.8 Å². The van der Waals surface area contributed by atoms with Gasteiger partial charge in [-0.25, -0.2) is 4.79 Å². The van der Waals surface area contributed by atoms with E-state index in [-0.39, 0.29) is 11.3 Å². The molecule has 0 spiro atoms. The van der Waals surface area contributed by atoms with Crippen LogP contribution in [0.5, 0.6) is 5.75 Å². The lowest BCUT2D eigenvalue weighted by atomic mass is 10.1. The fourth-order valence-electron chi connectivity index (χ4n) is 1.65. The zero-order valence-corrected chi connectivity index (χ0v) is 14.4. The number of aliphatic hydroxyl groups excluding tert-OH is 1. The van der Waals surface area contributed by atoms with Gasteiger partial charge in [0.1, 0.15) is 5.75 Å². The van der Waals surface area contributed by atoms with E-state index < -0.39 is 30.0 Å². The van der Waals surface area contributed by atoms with Crippen molar-refractivity contribution in [3.05, 3.63) is 27.3 Å². The van der Waals surface area contributed by atoms with Gasteiger partial charge in [-0.05, 0) is 47.7 Å². The molecule has 0 bridgehead atoms. The van der Waals surface area contributed by atoms with E-state index in [1.807, 2.05) is 22.6 Å². The number of carbonyl (C=O) groups is 3. The van der Waals surface area contributed by atoms with Crippen molar-refractivity contribution in [3.63, 3.8) is 0 Å². The van der Waals surface area contributed by atoms with Crippen LogP contribution in [0.15, 0.2) is 18.2 Å². The fraction of sp³-hybridized carbons (Fsp3) is 0.357. The van der Waals surface area contributed by atoms with Crippen LogP contribution < -0.4 is 10.1 Å². The van der Waals surface area contributed by atoms with E-state index in [2.05, 4.69) is 10.1 Å². The number of methoxy groups -OCH3 is 1. The van der Waals surface area contributed by atoms with Crippen LogP contribution in [0.1, 0.15) is 24.2 Å². The van der Waals surface area contributed by atoms with Gasteiger partial charge in [-0.2, -0.15) is 0 Å². The Kier molecular flexibility index (Phi) is 6.75. The molecule has 0 aromatic heterocycles. The lowest BCUT2D eigenvalue weighted by Crippen LogP contribution is -2.48. The molecular formula is C14H16INO6. The number of rotatable bonds is 5. The Labute approximate surface area is 141 Å². The van der Waals surface area contributed by atoms with Crippen molar-refractivity contribution in [3.8, 4) is 5.75 Å². The molecule has 2 atom stereocenters. The number of carbonyl (C=O) groups excluding carboxylic acids is 3. The summed E-state index contributed by atoms with van der Waals surface area (Å²) in [6.07, 6.45) is -1.14. The average Bonchev–Trinajstić information content (AvgIpc) is 2.42. The van der Waals surface area contributed by atoms with E-state index in [0.717, 1.165) is 10.7 Å². The van der Waals surface area contributed by atoms with E-state index in [1.54, 1.807) is 6.07 Å². The molecule has 0 fully saturated rings. The molecule has 1 aromatic carbocycles. The van der Waals surface area contributed by atoms with Crippen molar-refractivity contribution in [2.24, 2.45) is 0 Å². The molecule has 0 aliphatic rings. The number of ether oxygens (including phenoxy) is 2. The van der Waals surface area contributed by atoms with E-state index in [4.69, 9.17) is 4.74 Å². The summed E-state index contributed by atoms with van der Waals surface area (Å²) in [5, 5.41) is 11.9. The Morgan fingerprint density at radius 2 is 1.95 bits per heavy atom. The van der Waals surface area contributed by atoms with Crippen LogP contribution in [0, 0.1) is 3.57 Å². The quantitative estimate of drug-likeness (QED) is 0.416. The number of amides is 1. The molecule has 2 N–H and O–H groups in total. The molecule has 0 heterocycles. The summed E-state index contributed by atoms with van der Waals surface area (Å²) in [5.41, 5.74) is 0.0742. The largest absolute Gasteiger partial charge is 0.467 e. The summed E-state index contributed by atoms with van der Waals surface area (Å²) < 4.78 is 10.3. The van der Waals surface area contributed by atoms with Crippen LogP contribution in [-0.4, -0.2) is 42.2 Å². The van der Waals surface area contributed by atoms with Crippen LogP contribution in [0.2, 0.25) is 0 Å². The highest BCUT2D eigenvalue weighted by molar-refractivity contribution is 14.1. The van der Waals surface area contributed by atoms with Gasteiger partial charge in [0, 0.05) is 10.5 Å². The first-order valence-electron chi connectivity index (χ1n) is 6.31. The number of hydrogen-bond donors (Lipinski definition) is 2. The molecule has 8 heteroatoms. The van der Waals surface area contributed by atoms with E-state index in [1.165, 1.54) is 26.0 Å². The minimum absolute atomic E-state index is 0.0742. The van der Waals surface area contributed by atoms with Gasteiger partial charge in [-0.15, -0.1) is 0 Å². The van der Waals surface area contributed by atoms with Gasteiger partial charge in [-0.3, -0.25) is 9.59 Å². The summed E-state index contributed by atoms with van der Waals surface area (Å²) in [5.74, 6) is -1.94. The van der Waals surface area contributed by atoms with Gasteiger partial charge in [0.2, 0.25) is 0 Å². The summed E-state index contributed by atoms with van der Waals surface area (Å²) >= 11 is 2.01. The normalized spacial score (nSPS) is 13.0. The van der Waals surface area contributed by atoms with Crippen molar-refractivity contribution >= 4 is 40.4 Å². The van der Waals surface area contributed by atoms with E-state index in [9.17, 15) is 19.5 Å². The average molecular weight is 421 g/mol. The lowest BCUT2D eigenvalue weighted by Gasteiger charge is -2.19. The maximum atomic E-state index is 12.3. The second-order valence-corrected chi connectivity index (χ2v) is 5.69. The van der Waals surface area contributed by atoms with Crippen LogP contribution in [0.4, 0.5) is 0 Å². The highest BCUT2D eigenvalue weighted by Gasteiger charge is 2.28. The molecule has 0 aliphatic heterocycles. The maximum absolute atomic E-state index is 12.3. The molecule has 0 aliphatic carbocycles. The minimum Gasteiger partial charge on any atom is -0.467 e. The third kappa shape index (κ3) is 4.95. The number of nitrogens with one attached hydrogen (secondary N) is 1. The lowest BCUT2D eigenvalue weighted by molar-refractivity contribution is -0.145. The van der Waals surface area contributed by atoms with Crippen molar-refractivity contribution < 1.29 is 29.0 Å². The van der Waals surface area contributed by atoms with Gasteiger partial charge in [-0.1, -0.05) is 0 Å². The van der Waals surface area contributed by atoms with Crippen LogP contribution >= 0.6 is 22.6 Å². The highest BCUT2D eigenvalue weighted by atomic mass is 127. The molecule has 1 rings (SSSR count). The zero-order chi connectivity index (χ0) is 16.9.